The summed E-state index contributed by atoms with van der Waals surface area (Å²) in [5.41, 5.74) is 3.67. The minimum absolute atomic E-state index is 0.0843. The Bertz CT molecular complexity index is 894. The van der Waals surface area contributed by atoms with Gasteiger partial charge in [-0.1, -0.05) is 19.8 Å². The van der Waals surface area contributed by atoms with Crippen LogP contribution in [0.3, 0.4) is 0 Å². The summed E-state index contributed by atoms with van der Waals surface area (Å²) in [6.45, 7) is 5.20. The van der Waals surface area contributed by atoms with Crippen molar-refractivity contribution in [2.24, 2.45) is 0 Å². The number of nitrogens with zero attached hydrogens (tertiary/aromatic N) is 2. The minimum atomic E-state index is -0.765. The molecule has 0 amide bonds. The van der Waals surface area contributed by atoms with Gasteiger partial charge in [0.05, 0.1) is 18.5 Å². The first kappa shape index (κ1) is 18.9. The summed E-state index contributed by atoms with van der Waals surface area (Å²) in [5, 5.41) is 8.69. The second-order valence-electron chi connectivity index (χ2n) is 7.44. The van der Waals surface area contributed by atoms with Crippen molar-refractivity contribution in [2.45, 2.75) is 51.4 Å². The molecular weight excluding hydrogens is 340 g/mol. The largest absolute Gasteiger partial charge is 0.493 e. The molecule has 2 aromatic rings. The molecule has 0 fully saturated rings. The molecule has 1 N–H and O–H groups in total. The molecule has 3 rings (SSSR count). The van der Waals surface area contributed by atoms with E-state index >= 15 is 0 Å². The van der Waals surface area contributed by atoms with Crippen LogP contribution in [0.15, 0.2) is 30.6 Å². The van der Waals surface area contributed by atoms with Gasteiger partial charge in [0.2, 0.25) is 0 Å². The highest BCUT2D eigenvalue weighted by molar-refractivity contribution is 5.66. The highest BCUT2D eigenvalue weighted by Crippen LogP contribution is 2.38. The van der Waals surface area contributed by atoms with Crippen molar-refractivity contribution in [2.75, 3.05) is 6.61 Å². The Kier molecular flexibility index (Phi) is 5.75. The van der Waals surface area contributed by atoms with Crippen LogP contribution in [-0.4, -0.2) is 27.7 Å². The van der Waals surface area contributed by atoms with Gasteiger partial charge in [0.1, 0.15) is 11.4 Å². The summed E-state index contributed by atoms with van der Waals surface area (Å²) in [6.07, 6.45) is 6.67. The molecule has 0 saturated carbocycles. The van der Waals surface area contributed by atoms with E-state index in [9.17, 15) is 4.79 Å². The van der Waals surface area contributed by atoms with Crippen LogP contribution in [0.1, 0.15) is 62.0 Å². The Morgan fingerprint density at radius 1 is 1.26 bits per heavy atom. The van der Waals surface area contributed by atoms with Gasteiger partial charge in [-0.05, 0) is 55.2 Å². The number of aliphatic carboxylic acids is 1. The minimum Gasteiger partial charge on any atom is -0.493 e. The molecule has 0 radical (unpaired) electrons. The van der Waals surface area contributed by atoms with Crippen molar-refractivity contribution >= 4 is 5.97 Å². The van der Waals surface area contributed by atoms with Gasteiger partial charge in [-0.2, -0.15) is 0 Å². The van der Waals surface area contributed by atoms with Gasteiger partial charge >= 0.3 is 5.97 Å². The Labute approximate surface area is 159 Å². The number of carboxylic acid groups (broad SMARTS) is 1. The third-order valence-corrected chi connectivity index (χ3v) is 4.79. The quantitative estimate of drug-likeness (QED) is 0.646. The maximum Gasteiger partial charge on any atom is 0.303 e. The SMILES string of the molecule is CC1(C)CCOc2ccc(C#Cc3cncc(CCCCC(=O)O)n3)cc21. The first-order valence-electron chi connectivity index (χ1n) is 9.26. The molecule has 5 heteroatoms. The molecule has 0 atom stereocenters. The van der Waals surface area contributed by atoms with Crippen molar-refractivity contribution in [1.82, 2.24) is 9.97 Å². The van der Waals surface area contributed by atoms with Crippen LogP contribution in [0.2, 0.25) is 0 Å². The van der Waals surface area contributed by atoms with Crippen LogP contribution in [0.25, 0.3) is 0 Å². The predicted octanol–water partition coefficient (Wildman–Crippen LogP) is 3.73. The van der Waals surface area contributed by atoms with Crippen molar-refractivity contribution in [3.8, 4) is 17.6 Å². The van der Waals surface area contributed by atoms with Crippen LogP contribution < -0.4 is 4.74 Å². The number of aryl methyl sites for hydroxylation is 1. The van der Waals surface area contributed by atoms with E-state index in [1.165, 1.54) is 5.56 Å². The summed E-state index contributed by atoms with van der Waals surface area (Å²) in [7, 11) is 0. The Morgan fingerprint density at radius 3 is 2.93 bits per heavy atom. The fourth-order valence-corrected chi connectivity index (χ4v) is 3.12. The van der Waals surface area contributed by atoms with Crippen molar-refractivity contribution in [1.29, 1.82) is 0 Å². The normalized spacial score (nSPS) is 14.4. The third-order valence-electron chi connectivity index (χ3n) is 4.79. The van der Waals surface area contributed by atoms with E-state index in [4.69, 9.17) is 9.84 Å². The average molecular weight is 364 g/mol. The van der Waals surface area contributed by atoms with E-state index < -0.39 is 5.97 Å². The number of hydrogen-bond acceptors (Lipinski definition) is 4. The van der Waals surface area contributed by atoms with E-state index in [2.05, 4.69) is 41.7 Å². The second-order valence-corrected chi connectivity index (χ2v) is 7.44. The smallest absolute Gasteiger partial charge is 0.303 e. The van der Waals surface area contributed by atoms with E-state index in [-0.39, 0.29) is 11.8 Å². The van der Waals surface area contributed by atoms with Crippen molar-refractivity contribution in [3.63, 3.8) is 0 Å². The molecule has 140 valence electrons. The number of fused-ring (bicyclic) bond motifs is 1. The van der Waals surface area contributed by atoms with Gasteiger partial charge in [-0.25, -0.2) is 4.98 Å². The fraction of sp³-hybridized carbons (Fsp3) is 0.409. The summed E-state index contributed by atoms with van der Waals surface area (Å²) in [5.74, 6) is 6.44. The molecule has 1 aromatic heterocycles. The zero-order valence-electron chi connectivity index (χ0n) is 15.8. The van der Waals surface area contributed by atoms with Crippen LogP contribution in [-0.2, 0) is 16.6 Å². The number of hydrogen-bond donors (Lipinski definition) is 1. The lowest BCUT2D eigenvalue weighted by Crippen LogP contribution is -2.26. The maximum atomic E-state index is 10.6. The standard InChI is InChI=1S/C22H24N2O3/c1-22(2)11-12-27-20-10-8-16(13-19(20)22)7-9-18-15-23-14-17(24-18)5-3-4-6-21(25)26/h8,10,13-15H,3-6,11-12H2,1-2H3,(H,25,26). The van der Waals surface area contributed by atoms with Crippen molar-refractivity contribution < 1.29 is 14.6 Å². The van der Waals surface area contributed by atoms with Gasteiger partial charge in [0.15, 0.2) is 0 Å². The predicted molar refractivity (Wildman–Crippen MR) is 103 cm³/mol. The second kappa shape index (κ2) is 8.22. The third kappa shape index (κ3) is 5.07. The molecule has 0 aliphatic carbocycles. The molecule has 0 unspecified atom stereocenters. The summed E-state index contributed by atoms with van der Waals surface area (Å²) in [4.78, 5) is 19.3. The molecule has 2 heterocycles. The lowest BCUT2D eigenvalue weighted by atomic mass is 9.79. The zero-order chi connectivity index (χ0) is 19.3. The molecule has 1 aliphatic rings. The van der Waals surface area contributed by atoms with Crippen LogP contribution in [0.5, 0.6) is 5.75 Å². The average Bonchev–Trinajstić information content (AvgIpc) is 2.64. The van der Waals surface area contributed by atoms with Crippen molar-refractivity contribution in [3.05, 3.63) is 53.1 Å². The van der Waals surface area contributed by atoms with Crippen LogP contribution >= 0.6 is 0 Å². The Morgan fingerprint density at radius 2 is 2.11 bits per heavy atom. The van der Waals surface area contributed by atoms with Gasteiger partial charge in [-0.15, -0.1) is 0 Å². The number of rotatable bonds is 5. The van der Waals surface area contributed by atoms with E-state index in [1.54, 1.807) is 12.4 Å². The number of benzene rings is 1. The molecule has 0 spiro atoms. The van der Waals surface area contributed by atoms with Crippen LogP contribution in [0.4, 0.5) is 0 Å². The molecular formula is C22H24N2O3. The summed E-state index contributed by atoms with van der Waals surface area (Å²) >= 11 is 0. The number of aromatic nitrogens is 2. The van der Waals surface area contributed by atoms with E-state index in [0.29, 0.717) is 18.5 Å². The number of ether oxygens (including phenoxy) is 1. The lowest BCUT2D eigenvalue weighted by molar-refractivity contribution is -0.137. The van der Waals surface area contributed by atoms with E-state index in [1.807, 2.05) is 12.1 Å². The molecule has 5 nitrogen and oxygen atoms in total. The monoisotopic (exact) mass is 364 g/mol. The highest BCUT2D eigenvalue weighted by Gasteiger charge is 2.28. The van der Waals surface area contributed by atoms with Gasteiger partial charge in [0.25, 0.3) is 0 Å². The fourth-order valence-electron chi connectivity index (χ4n) is 3.12. The van der Waals surface area contributed by atoms with E-state index in [0.717, 1.165) is 36.5 Å². The van der Waals surface area contributed by atoms with Crippen LogP contribution in [0, 0.1) is 11.8 Å². The summed E-state index contributed by atoms with van der Waals surface area (Å²) < 4.78 is 5.75. The lowest BCUT2D eigenvalue weighted by Gasteiger charge is -2.32. The van der Waals surface area contributed by atoms with Gasteiger partial charge < -0.3 is 9.84 Å². The molecule has 1 aromatic carbocycles. The number of carbonyl (C=O) groups is 1. The number of carboxylic acids is 1. The Balaban J connectivity index is 1.71. The maximum absolute atomic E-state index is 10.6. The molecule has 0 bridgehead atoms. The van der Waals surface area contributed by atoms with Gasteiger partial charge in [0, 0.05) is 23.7 Å². The first-order valence-corrected chi connectivity index (χ1v) is 9.26. The number of unbranched alkanes of at least 4 members (excludes halogenated alkanes) is 1. The molecule has 0 saturated heterocycles. The zero-order valence-corrected chi connectivity index (χ0v) is 15.8. The Hall–Kier alpha value is -2.87. The molecule has 27 heavy (non-hydrogen) atoms. The first-order chi connectivity index (χ1) is 12.9. The topological polar surface area (TPSA) is 72.3 Å². The molecule has 1 aliphatic heterocycles. The summed E-state index contributed by atoms with van der Waals surface area (Å²) in [6, 6.07) is 6.06. The van der Waals surface area contributed by atoms with Gasteiger partial charge in [-0.3, -0.25) is 9.78 Å². The highest BCUT2D eigenvalue weighted by atomic mass is 16.5.